The summed E-state index contributed by atoms with van der Waals surface area (Å²) in [4.78, 5) is 0. The molecule has 0 aliphatic rings. The van der Waals surface area contributed by atoms with Gasteiger partial charge in [0.15, 0.2) is 7.14 Å². The maximum atomic E-state index is 14.7. The summed E-state index contributed by atoms with van der Waals surface area (Å²) in [6, 6.07) is 56.2. The fraction of sp³-hybridized carbons (Fsp3) is 0. The van der Waals surface area contributed by atoms with Crippen LogP contribution in [0.15, 0.2) is 164 Å². The highest BCUT2D eigenvalue weighted by atomic mass is 31.2. The maximum Gasteiger partial charge on any atom is 0.171 e. The van der Waals surface area contributed by atoms with Gasteiger partial charge in [-0.25, -0.2) is 0 Å². The number of hydrogen-bond donors (Lipinski definition) is 0. The van der Waals surface area contributed by atoms with Gasteiger partial charge in [-0.2, -0.15) is 0 Å². The van der Waals surface area contributed by atoms with Crippen LogP contribution < -0.4 is 15.9 Å². The average molecular weight is 531 g/mol. The SMILES string of the molecule is O=P(c1ccccc1)(c1ccccc1)c1ccc(-c2ccc(-c3c4ccccc4cc4ccccc34)cc2)cc1. The lowest BCUT2D eigenvalue weighted by molar-refractivity contribution is 0.592. The molecule has 0 amide bonds. The third kappa shape index (κ3) is 4.16. The van der Waals surface area contributed by atoms with Crippen LogP contribution in [0.5, 0.6) is 0 Å². The van der Waals surface area contributed by atoms with Crippen molar-refractivity contribution in [2.75, 3.05) is 0 Å². The Morgan fingerprint density at radius 2 is 0.725 bits per heavy atom. The summed E-state index contributed by atoms with van der Waals surface area (Å²) in [6.07, 6.45) is 0. The van der Waals surface area contributed by atoms with Gasteiger partial charge in [-0.15, -0.1) is 0 Å². The molecule has 2 heteroatoms. The Morgan fingerprint density at radius 1 is 0.350 bits per heavy atom. The molecular formula is C38H27OP. The van der Waals surface area contributed by atoms with Gasteiger partial charge in [0.05, 0.1) is 0 Å². The summed E-state index contributed by atoms with van der Waals surface area (Å²) in [5, 5.41) is 7.55. The smallest absolute Gasteiger partial charge is 0.171 e. The van der Waals surface area contributed by atoms with E-state index in [9.17, 15) is 4.57 Å². The monoisotopic (exact) mass is 530 g/mol. The normalized spacial score (nSPS) is 11.6. The van der Waals surface area contributed by atoms with Crippen molar-refractivity contribution in [2.24, 2.45) is 0 Å². The van der Waals surface area contributed by atoms with Crippen molar-refractivity contribution in [3.63, 3.8) is 0 Å². The Labute approximate surface area is 234 Å². The van der Waals surface area contributed by atoms with E-state index in [-0.39, 0.29) is 0 Å². The summed E-state index contributed by atoms with van der Waals surface area (Å²) in [7, 11) is -2.98. The number of rotatable bonds is 5. The van der Waals surface area contributed by atoms with E-state index in [1.807, 2.05) is 72.8 Å². The van der Waals surface area contributed by atoms with Crippen LogP contribution >= 0.6 is 7.14 Å². The Kier molecular flexibility index (Phi) is 6.16. The van der Waals surface area contributed by atoms with E-state index in [1.165, 1.54) is 32.7 Å². The highest BCUT2D eigenvalue weighted by Gasteiger charge is 2.29. The number of benzene rings is 7. The lowest BCUT2D eigenvalue weighted by Gasteiger charge is -2.20. The predicted octanol–water partition coefficient (Wildman–Crippen LogP) is 8.97. The topological polar surface area (TPSA) is 17.1 Å². The molecular weight excluding hydrogens is 503 g/mol. The summed E-state index contributed by atoms with van der Waals surface area (Å²) in [6.45, 7) is 0. The molecule has 40 heavy (non-hydrogen) atoms. The fourth-order valence-electron chi connectivity index (χ4n) is 5.74. The third-order valence-electron chi connectivity index (χ3n) is 7.75. The minimum absolute atomic E-state index is 0.840. The van der Waals surface area contributed by atoms with Gasteiger partial charge < -0.3 is 4.57 Å². The second kappa shape index (κ2) is 10.1. The van der Waals surface area contributed by atoms with Gasteiger partial charge >= 0.3 is 0 Å². The minimum Gasteiger partial charge on any atom is -0.309 e. The zero-order valence-electron chi connectivity index (χ0n) is 21.9. The van der Waals surface area contributed by atoms with Crippen molar-refractivity contribution in [3.8, 4) is 22.3 Å². The van der Waals surface area contributed by atoms with E-state index < -0.39 is 7.14 Å². The first-order valence-electron chi connectivity index (χ1n) is 13.5. The molecule has 1 nitrogen and oxygen atoms in total. The maximum absolute atomic E-state index is 14.7. The van der Waals surface area contributed by atoms with Gasteiger partial charge in [-0.1, -0.05) is 158 Å². The average Bonchev–Trinajstić information content (AvgIpc) is 3.04. The van der Waals surface area contributed by atoms with Crippen molar-refractivity contribution in [1.82, 2.24) is 0 Å². The van der Waals surface area contributed by atoms with Gasteiger partial charge in [-0.3, -0.25) is 0 Å². The summed E-state index contributed by atoms with van der Waals surface area (Å²) >= 11 is 0. The van der Waals surface area contributed by atoms with Gasteiger partial charge in [0.1, 0.15) is 0 Å². The molecule has 0 aliphatic heterocycles. The zero-order valence-corrected chi connectivity index (χ0v) is 22.8. The molecule has 190 valence electrons. The first-order valence-corrected chi connectivity index (χ1v) is 15.3. The molecule has 0 saturated carbocycles. The van der Waals surface area contributed by atoms with Crippen LogP contribution in [0.25, 0.3) is 43.8 Å². The van der Waals surface area contributed by atoms with E-state index in [0.717, 1.165) is 27.0 Å². The summed E-state index contributed by atoms with van der Waals surface area (Å²) < 4.78 is 14.7. The molecule has 0 aromatic heterocycles. The lowest BCUT2D eigenvalue weighted by Crippen LogP contribution is -2.24. The van der Waals surface area contributed by atoms with E-state index in [1.54, 1.807) is 0 Å². The predicted molar refractivity (Wildman–Crippen MR) is 172 cm³/mol. The zero-order chi connectivity index (χ0) is 26.9. The first kappa shape index (κ1) is 24.3. The lowest BCUT2D eigenvalue weighted by atomic mass is 9.91. The molecule has 0 atom stereocenters. The van der Waals surface area contributed by atoms with Gasteiger partial charge in [0, 0.05) is 15.9 Å². The van der Waals surface area contributed by atoms with Crippen LogP contribution in [-0.4, -0.2) is 0 Å². The molecule has 7 aromatic carbocycles. The Balaban J connectivity index is 1.28. The second-order valence-electron chi connectivity index (χ2n) is 10.1. The highest BCUT2D eigenvalue weighted by Crippen LogP contribution is 2.43. The van der Waals surface area contributed by atoms with Gasteiger partial charge in [0.2, 0.25) is 0 Å². The van der Waals surface area contributed by atoms with Crippen molar-refractivity contribution in [2.45, 2.75) is 0 Å². The Bertz CT molecular complexity index is 1890. The Hall–Kier alpha value is -4.71. The molecule has 7 aromatic rings. The Morgan fingerprint density at radius 3 is 1.23 bits per heavy atom. The minimum atomic E-state index is -2.98. The third-order valence-corrected chi connectivity index (χ3v) is 10.8. The van der Waals surface area contributed by atoms with E-state index in [2.05, 4.69) is 91.0 Å². The van der Waals surface area contributed by atoms with E-state index in [0.29, 0.717) is 0 Å². The van der Waals surface area contributed by atoms with Crippen molar-refractivity contribution >= 4 is 44.6 Å². The molecule has 0 unspecified atom stereocenters. The molecule has 0 saturated heterocycles. The van der Waals surface area contributed by atoms with Crippen LogP contribution in [0.3, 0.4) is 0 Å². The molecule has 0 heterocycles. The molecule has 0 spiro atoms. The number of hydrogen-bond acceptors (Lipinski definition) is 1. The van der Waals surface area contributed by atoms with Crippen molar-refractivity contribution in [3.05, 3.63) is 164 Å². The van der Waals surface area contributed by atoms with Crippen LogP contribution in [-0.2, 0) is 4.57 Å². The second-order valence-corrected chi connectivity index (χ2v) is 12.9. The van der Waals surface area contributed by atoms with Gasteiger partial charge in [-0.05, 0) is 49.9 Å². The molecule has 0 fully saturated rings. The van der Waals surface area contributed by atoms with Gasteiger partial charge in [0.25, 0.3) is 0 Å². The van der Waals surface area contributed by atoms with Crippen LogP contribution in [0.4, 0.5) is 0 Å². The fourth-order valence-corrected chi connectivity index (χ4v) is 8.39. The molecule has 0 aliphatic carbocycles. The quantitative estimate of drug-likeness (QED) is 0.160. The highest BCUT2D eigenvalue weighted by molar-refractivity contribution is 7.85. The largest absolute Gasteiger partial charge is 0.309 e. The van der Waals surface area contributed by atoms with Crippen molar-refractivity contribution < 1.29 is 4.57 Å². The van der Waals surface area contributed by atoms with Crippen molar-refractivity contribution in [1.29, 1.82) is 0 Å². The molecule has 7 rings (SSSR count). The van der Waals surface area contributed by atoms with Crippen LogP contribution in [0.2, 0.25) is 0 Å². The van der Waals surface area contributed by atoms with E-state index in [4.69, 9.17) is 0 Å². The molecule has 0 radical (unpaired) electrons. The van der Waals surface area contributed by atoms with Crippen LogP contribution in [0, 0.1) is 0 Å². The molecule has 0 N–H and O–H groups in total. The van der Waals surface area contributed by atoms with Crippen LogP contribution in [0.1, 0.15) is 0 Å². The number of fused-ring (bicyclic) bond motifs is 2. The molecule has 0 bridgehead atoms. The first-order chi connectivity index (χ1) is 19.7. The van der Waals surface area contributed by atoms with E-state index >= 15 is 0 Å². The standard InChI is InChI=1S/C38H27OP/c39-40(33-13-3-1-4-14-33,34-15-5-2-6-16-34)35-25-23-29(24-26-35)28-19-21-30(22-20-28)38-36-17-9-7-11-31(36)27-32-12-8-10-18-37(32)38/h1-27H. The summed E-state index contributed by atoms with van der Waals surface area (Å²) in [5.74, 6) is 0. The summed E-state index contributed by atoms with van der Waals surface area (Å²) in [5.41, 5.74) is 4.70.